The van der Waals surface area contributed by atoms with Crippen molar-refractivity contribution in [3.05, 3.63) is 81.2 Å². The second-order valence-electron chi connectivity index (χ2n) is 7.89. The summed E-state index contributed by atoms with van der Waals surface area (Å²) in [5.41, 5.74) is 1.89. The van der Waals surface area contributed by atoms with Crippen LogP contribution in [0.2, 0.25) is 0 Å². The quantitative estimate of drug-likeness (QED) is 0.619. The molecule has 172 valence electrons. The molecule has 3 aromatic rings. The number of nitrogens with zero attached hydrogens (tertiary/aromatic N) is 4. The van der Waals surface area contributed by atoms with Gasteiger partial charge < -0.3 is 14.5 Å². The summed E-state index contributed by atoms with van der Waals surface area (Å²) in [5.74, 6) is 0.619. The van der Waals surface area contributed by atoms with Crippen molar-refractivity contribution >= 4 is 11.7 Å². The van der Waals surface area contributed by atoms with Gasteiger partial charge in [-0.3, -0.25) is 9.59 Å². The maximum atomic E-state index is 14.6. The molecular weight excluding hydrogens is 425 g/mol. The lowest BCUT2D eigenvalue weighted by Crippen LogP contribution is -2.49. The summed E-state index contributed by atoms with van der Waals surface area (Å²) in [7, 11) is 1.59. The molecule has 1 aliphatic rings. The fraction of sp³-hybridized carbons (Fsp3) is 0.333. The van der Waals surface area contributed by atoms with E-state index in [9.17, 15) is 14.0 Å². The number of aromatic nitrogens is 3. The lowest BCUT2D eigenvalue weighted by molar-refractivity contribution is 0.0741. The van der Waals surface area contributed by atoms with Crippen molar-refractivity contribution < 1.29 is 13.9 Å². The van der Waals surface area contributed by atoms with Gasteiger partial charge in [0, 0.05) is 38.2 Å². The molecule has 0 radical (unpaired) electrons. The number of aryl methyl sites for hydroxylation is 1. The van der Waals surface area contributed by atoms with Crippen LogP contribution < -0.4 is 15.2 Å². The molecule has 9 heteroatoms. The Morgan fingerprint density at radius 1 is 1.15 bits per heavy atom. The number of ether oxygens (including phenoxy) is 1. The van der Waals surface area contributed by atoms with Gasteiger partial charge in [0.25, 0.3) is 11.5 Å². The smallest absolute Gasteiger partial charge is 0.267 e. The molecule has 4 rings (SSSR count). The van der Waals surface area contributed by atoms with Gasteiger partial charge in [-0.25, -0.2) is 14.5 Å². The van der Waals surface area contributed by atoms with Gasteiger partial charge in [0.15, 0.2) is 0 Å². The van der Waals surface area contributed by atoms with Crippen LogP contribution in [0.5, 0.6) is 5.75 Å². The number of H-pyrrole nitrogens is 1. The van der Waals surface area contributed by atoms with Crippen LogP contribution in [0.25, 0.3) is 0 Å². The molecule has 0 bridgehead atoms. The minimum Gasteiger partial charge on any atom is -0.495 e. The van der Waals surface area contributed by atoms with E-state index in [4.69, 9.17) is 4.74 Å². The molecule has 1 amide bonds. The third kappa shape index (κ3) is 5.02. The number of hydrogen-bond acceptors (Lipinski definition) is 6. The highest BCUT2D eigenvalue weighted by Crippen LogP contribution is 2.20. The zero-order valence-corrected chi connectivity index (χ0v) is 18.7. The zero-order valence-electron chi connectivity index (χ0n) is 18.7. The Morgan fingerprint density at radius 2 is 1.94 bits per heavy atom. The first-order chi connectivity index (χ1) is 16.0. The Kier molecular flexibility index (Phi) is 6.67. The van der Waals surface area contributed by atoms with E-state index in [1.807, 2.05) is 19.1 Å². The van der Waals surface area contributed by atoms with E-state index in [0.29, 0.717) is 56.0 Å². The molecule has 1 saturated heterocycles. The van der Waals surface area contributed by atoms with Gasteiger partial charge in [-0.1, -0.05) is 13.0 Å². The molecule has 1 aliphatic heterocycles. The van der Waals surface area contributed by atoms with Gasteiger partial charge in [-0.15, -0.1) is 0 Å². The van der Waals surface area contributed by atoms with Crippen LogP contribution in [0.15, 0.2) is 47.4 Å². The molecule has 3 heterocycles. The number of halogens is 1. The molecule has 0 aliphatic carbocycles. The monoisotopic (exact) mass is 451 g/mol. The number of anilines is 1. The zero-order chi connectivity index (χ0) is 23.4. The first-order valence-electron chi connectivity index (χ1n) is 10.9. The van der Waals surface area contributed by atoms with Crippen molar-refractivity contribution in [2.45, 2.75) is 19.8 Å². The van der Waals surface area contributed by atoms with Crippen molar-refractivity contribution in [1.82, 2.24) is 20.1 Å². The highest BCUT2D eigenvalue weighted by molar-refractivity contribution is 5.94. The molecule has 0 unspecified atom stereocenters. The Hall–Kier alpha value is -3.75. The Labute approximate surface area is 191 Å². The molecule has 8 nitrogen and oxygen atoms in total. The minimum absolute atomic E-state index is 0.0451. The van der Waals surface area contributed by atoms with E-state index in [-0.39, 0.29) is 17.0 Å². The number of benzene rings is 1. The maximum Gasteiger partial charge on any atom is 0.267 e. The van der Waals surface area contributed by atoms with E-state index >= 15 is 0 Å². The number of pyridine rings is 1. The first-order valence-corrected chi connectivity index (χ1v) is 10.9. The molecule has 1 fully saturated rings. The summed E-state index contributed by atoms with van der Waals surface area (Å²) < 4.78 is 19.7. The Balaban J connectivity index is 1.44. The van der Waals surface area contributed by atoms with Gasteiger partial charge in [-0.05, 0) is 42.3 Å². The number of rotatable bonds is 6. The van der Waals surface area contributed by atoms with E-state index in [1.54, 1.807) is 36.4 Å². The van der Waals surface area contributed by atoms with Crippen molar-refractivity contribution in [3.8, 4) is 5.75 Å². The normalized spacial score (nSPS) is 13.8. The molecular formula is C24H26FN5O3. The summed E-state index contributed by atoms with van der Waals surface area (Å²) in [6.07, 6.45) is 2.64. The number of nitrogens with one attached hydrogen (secondary N) is 1. The van der Waals surface area contributed by atoms with Gasteiger partial charge >= 0.3 is 0 Å². The highest BCUT2D eigenvalue weighted by Gasteiger charge is 2.25. The Morgan fingerprint density at radius 3 is 2.61 bits per heavy atom. The number of amides is 1. The molecule has 0 saturated carbocycles. The Bertz CT molecular complexity index is 1190. The summed E-state index contributed by atoms with van der Waals surface area (Å²) in [6.45, 7) is 4.05. The van der Waals surface area contributed by atoms with Gasteiger partial charge in [0.05, 0.1) is 24.6 Å². The second kappa shape index (κ2) is 9.81. The number of carbonyl (C=O) groups excluding carboxylic acids is 1. The van der Waals surface area contributed by atoms with Crippen LogP contribution in [0.4, 0.5) is 10.2 Å². The number of piperazine rings is 1. The van der Waals surface area contributed by atoms with Crippen LogP contribution in [-0.4, -0.2) is 59.3 Å². The molecule has 1 N–H and O–H groups in total. The average molecular weight is 452 g/mol. The molecule has 0 atom stereocenters. The van der Waals surface area contributed by atoms with Crippen LogP contribution in [0, 0.1) is 5.82 Å². The largest absolute Gasteiger partial charge is 0.495 e. The van der Waals surface area contributed by atoms with Crippen LogP contribution in [0.1, 0.15) is 34.1 Å². The standard InChI is InChI=1S/C24H26FN5O3/c1-3-17-14-18(27-28-23(17)31)12-16-4-6-21(25)20(13-16)24(32)30-10-8-29(9-11-30)22-7-5-19(33-2)15-26-22/h4-7,13-15H,3,8-12H2,1-2H3,(H,28,31). The van der Waals surface area contributed by atoms with Crippen molar-refractivity contribution in [1.29, 1.82) is 0 Å². The first kappa shape index (κ1) is 22.4. The number of methoxy groups -OCH3 is 1. The lowest BCUT2D eigenvalue weighted by atomic mass is 10.0. The van der Waals surface area contributed by atoms with Gasteiger partial charge in [0.2, 0.25) is 0 Å². The van der Waals surface area contributed by atoms with Crippen LogP contribution >= 0.6 is 0 Å². The fourth-order valence-corrected chi connectivity index (χ4v) is 3.89. The third-order valence-electron chi connectivity index (χ3n) is 5.81. The fourth-order valence-electron chi connectivity index (χ4n) is 3.89. The van der Waals surface area contributed by atoms with Crippen LogP contribution in [0.3, 0.4) is 0 Å². The van der Waals surface area contributed by atoms with Crippen molar-refractivity contribution in [2.75, 3.05) is 38.2 Å². The van der Waals surface area contributed by atoms with Gasteiger partial charge in [0.1, 0.15) is 17.4 Å². The molecule has 33 heavy (non-hydrogen) atoms. The van der Waals surface area contributed by atoms with Gasteiger partial charge in [-0.2, -0.15) is 5.10 Å². The topological polar surface area (TPSA) is 91.4 Å². The highest BCUT2D eigenvalue weighted by atomic mass is 19.1. The summed E-state index contributed by atoms with van der Waals surface area (Å²) in [6, 6.07) is 10.0. The van der Waals surface area contributed by atoms with E-state index in [1.165, 1.54) is 6.07 Å². The number of aromatic amines is 1. The molecule has 2 aromatic heterocycles. The third-order valence-corrected chi connectivity index (χ3v) is 5.81. The summed E-state index contributed by atoms with van der Waals surface area (Å²) in [5, 5.41) is 6.56. The van der Waals surface area contributed by atoms with Crippen molar-refractivity contribution in [2.24, 2.45) is 0 Å². The average Bonchev–Trinajstić information content (AvgIpc) is 2.86. The van der Waals surface area contributed by atoms with E-state index < -0.39 is 5.82 Å². The van der Waals surface area contributed by atoms with Crippen molar-refractivity contribution in [3.63, 3.8) is 0 Å². The number of hydrogen-bond donors (Lipinski definition) is 1. The molecule has 1 aromatic carbocycles. The maximum absolute atomic E-state index is 14.6. The van der Waals surface area contributed by atoms with E-state index in [2.05, 4.69) is 20.1 Å². The summed E-state index contributed by atoms with van der Waals surface area (Å²) in [4.78, 5) is 32.9. The predicted octanol–water partition coefficient (Wildman–Crippen LogP) is 2.43. The van der Waals surface area contributed by atoms with E-state index in [0.717, 1.165) is 11.4 Å². The minimum atomic E-state index is -0.549. The predicted molar refractivity (Wildman–Crippen MR) is 122 cm³/mol. The van der Waals surface area contributed by atoms with Crippen LogP contribution in [-0.2, 0) is 12.8 Å². The SMILES string of the molecule is CCc1cc(Cc2ccc(F)c(C(=O)N3CCN(c4ccc(OC)cn4)CC3)c2)n[nH]c1=O. The second-order valence-corrected chi connectivity index (χ2v) is 7.89. The number of carbonyl (C=O) groups is 1. The molecule has 0 spiro atoms. The summed E-state index contributed by atoms with van der Waals surface area (Å²) >= 11 is 0. The lowest BCUT2D eigenvalue weighted by Gasteiger charge is -2.35.